The normalized spacial score (nSPS) is 20.7. The van der Waals surface area contributed by atoms with E-state index >= 15 is 0 Å². The van der Waals surface area contributed by atoms with E-state index in [-0.39, 0.29) is 5.54 Å². The minimum Gasteiger partial charge on any atom is -0.324 e. The van der Waals surface area contributed by atoms with Gasteiger partial charge in [-0.15, -0.1) is 0 Å². The molecule has 1 aliphatic carbocycles. The van der Waals surface area contributed by atoms with E-state index in [9.17, 15) is 0 Å². The Bertz CT molecular complexity index is 171. The lowest BCUT2D eigenvalue weighted by molar-refractivity contribution is 0.172. The molecule has 0 amide bonds. The molecule has 0 aromatic heterocycles. The van der Waals surface area contributed by atoms with E-state index in [1.807, 2.05) is 0 Å². The van der Waals surface area contributed by atoms with E-state index in [0.29, 0.717) is 0 Å². The molecule has 1 fully saturated rings. The Morgan fingerprint density at radius 2 is 2.17 bits per heavy atom. The molecule has 2 heteroatoms. The van der Waals surface area contributed by atoms with Gasteiger partial charge in [0.05, 0.1) is 0 Å². The highest BCUT2D eigenvalue weighted by Crippen LogP contribution is 2.29. The van der Waals surface area contributed by atoms with Crippen LogP contribution in [0.1, 0.15) is 26.2 Å². The first-order valence-electron chi connectivity index (χ1n) is 4.64. The summed E-state index contributed by atoms with van der Waals surface area (Å²) in [5, 5.41) is 0. The van der Waals surface area contributed by atoms with Crippen molar-refractivity contribution in [3.05, 3.63) is 12.2 Å². The van der Waals surface area contributed by atoms with Gasteiger partial charge in [-0.05, 0) is 33.2 Å². The third-order valence-corrected chi connectivity index (χ3v) is 2.47. The van der Waals surface area contributed by atoms with Crippen LogP contribution in [0.3, 0.4) is 0 Å². The van der Waals surface area contributed by atoms with Crippen LogP contribution in [0.2, 0.25) is 0 Å². The summed E-state index contributed by atoms with van der Waals surface area (Å²) in [4.78, 5) is 2.27. The zero-order valence-corrected chi connectivity index (χ0v) is 8.27. The first kappa shape index (κ1) is 9.75. The van der Waals surface area contributed by atoms with Gasteiger partial charge in [0.2, 0.25) is 0 Å². The molecule has 0 aliphatic heterocycles. The smallest absolute Gasteiger partial charge is 0.0283 e. The maximum atomic E-state index is 6.11. The molecule has 0 atom stereocenters. The van der Waals surface area contributed by atoms with Crippen molar-refractivity contribution in [1.82, 2.24) is 4.90 Å². The van der Waals surface area contributed by atoms with E-state index in [1.54, 1.807) is 0 Å². The van der Waals surface area contributed by atoms with Crippen LogP contribution in [-0.4, -0.2) is 30.6 Å². The maximum Gasteiger partial charge on any atom is 0.0283 e. The van der Waals surface area contributed by atoms with Gasteiger partial charge in [0.25, 0.3) is 0 Å². The summed E-state index contributed by atoms with van der Waals surface area (Å²) in [6.45, 7) is 7.93. The predicted octanol–water partition coefficient (Wildman–Crippen LogP) is 1.38. The molecule has 0 radical (unpaired) electrons. The number of nitrogens with zero attached hydrogens (tertiary/aromatic N) is 1. The molecule has 1 saturated carbocycles. The van der Waals surface area contributed by atoms with Gasteiger partial charge in [0.15, 0.2) is 0 Å². The minimum absolute atomic E-state index is 0.115. The topological polar surface area (TPSA) is 29.3 Å². The molecule has 1 aliphatic rings. The standard InChI is InChI=1S/C10H20N2/c1-9(2)7-12(3)8-10(11)5-4-6-10/h1,4-8,11H2,2-3H3. The second kappa shape index (κ2) is 3.58. The molecule has 0 spiro atoms. The van der Waals surface area contributed by atoms with Crippen LogP contribution in [-0.2, 0) is 0 Å². The van der Waals surface area contributed by atoms with E-state index < -0.39 is 0 Å². The highest BCUT2D eigenvalue weighted by atomic mass is 15.1. The van der Waals surface area contributed by atoms with Crippen LogP contribution < -0.4 is 5.73 Å². The second-order valence-electron chi connectivity index (χ2n) is 4.35. The molecule has 0 saturated heterocycles. The third kappa shape index (κ3) is 2.61. The minimum atomic E-state index is 0.115. The molecular weight excluding hydrogens is 148 g/mol. The fourth-order valence-electron chi connectivity index (χ4n) is 1.84. The highest BCUT2D eigenvalue weighted by Gasteiger charge is 2.33. The summed E-state index contributed by atoms with van der Waals surface area (Å²) in [5.41, 5.74) is 7.43. The fourth-order valence-corrected chi connectivity index (χ4v) is 1.84. The molecule has 12 heavy (non-hydrogen) atoms. The van der Waals surface area contributed by atoms with Crippen molar-refractivity contribution < 1.29 is 0 Å². The Morgan fingerprint density at radius 3 is 2.50 bits per heavy atom. The molecule has 1 rings (SSSR count). The zero-order valence-electron chi connectivity index (χ0n) is 8.27. The lowest BCUT2D eigenvalue weighted by atomic mass is 9.77. The number of nitrogens with two attached hydrogens (primary N) is 1. The quantitative estimate of drug-likeness (QED) is 0.642. The van der Waals surface area contributed by atoms with E-state index in [0.717, 1.165) is 13.1 Å². The van der Waals surface area contributed by atoms with Gasteiger partial charge in [0, 0.05) is 18.6 Å². The van der Waals surface area contributed by atoms with Crippen LogP contribution in [0.5, 0.6) is 0 Å². The van der Waals surface area contributed by atoms with Crippen LogP contribution in [0.4, 0.5) is 0 Å². The monoisotopic (exact) mass is 168 g/mol. The first-order chi connectivity index (χ1) is 5.52. The van der Waals surface area contributed by atoms with Crippen molar-refractivity contribution in [1.29, 1.82) is 0 Å². The Kier molecular flexibility index (Phi) is 2.91. The third-order valence-electron chi connectivity index (χ3n) is 2.47. The summed E-state index contributed by atoms with van der Waals surface area (Å²) in [5.74, 6) is 0. The number of hydrogen-bond acceptors (Lipinski definition) is 2. The SMILES string of the molecule is C=C(C)CN(C)CC1(N)CCC1. The van der Waals surface area contributed by atoms with Crippen molar-refractivity contribution in [2.75, 3.05) is 20.1 Å². The Balaban J connectivity index is 2.25. The Morgan fingerprint density at radius 1 is 1.58 bits per heavy atom. The number of rotatable bonds is 4. The van der Waals surface area contributed by atoms with E-state index in [2.05, 4.69) is 25.5 Å². The van der Waals surface area contributed by atoms with Crippen molar-refractivity contribution in [3.63, 3.8) is 0 Å². The van der Waals surface area contributed by atoms with Crippen LogP contribution in [0.15, 0.2) is 12.2 Å². The van der Waals surface area contributed by atoms with Gasteiger partial charge in [-0.2, -0.15) is 0 Å². The van der Waals surface area contributed by atoms with Gasteiger partial charge in [-0.25, -0.2) is 0 Å². The summed E-state index contributed by atoms with van der Waals surface area (Å²) in [7, 11) is 2.11. The summed E-state index contributed by atoms with van der Waals surface area (Å²) < 4.78 is 0. The molecule has 0 heterocycles. The molecule has 0 aromatic carbocycles. The maximum absolute atomic E-state index is 6.11. The van der Waals surface area contributed by atoms with Gasteiger partial charge in [0.1, 0.15) is 0 Å². The van der Waals surface area contributed by atoms with Crippen molar-refractivity contribution in [2.24, 2.45) is 5.73 Å². The fraction of sp³-hybridized carbons (Fsp3) is 0.800. The lowest BCUT2D eigenvalue weighted by Gasteiger charge is -2.41. The summed E-state index contributed by atoms with van der Waals surface area (Å²) >= 11 is 0. The average molecular weight is 168 g/mol. The summed E-state index contributed by atoms with van der Waals surface area (Å²) in [6, 6.07) is 0. The van der Waals surface area contributed by atoms with Crippen LogP contribution >= 0.6 is 0 Å². The number of likely N-dealkylation sites (N-methyl/N-ethyl adjacent to an activating group) is 1. The predicted molar refractivity (Wildman–Crippen MR) is 53.1 cm³/mol. The molecule has 2 nitrogen and oxygen atoms in total. The molecule has 70 valence electrons. The van der Waals surface area contributed by atoms with Crippen LogP contribution in [0, 0.1) is 0 Å². The van der Waals surface area contributed by atoms with Crippen molar-refractivity contribution >= 4 is 0 Å². The Hall–Kier alpha value is -0.340. The van der Waals surface area contributed by atoms with Crippen molar-refractivity contribution in [2.45, 2.75) is 31.7 Å². The molecule has 2 N–H and O–H groups in total. The van der Waals surface area contributed by atoms with E-state index in [1.165, 1.54) is 24.8 Å². The molecule has 0 unspecified atom stereocenters. The van der Waals surface area contributed by atoms with Gasteiger partial charge >= 0.3 is 0 Å². The van der Waals surface area contributed by atoms with Gasteiger partial charge < -0.3 is 10.6 Å². The summed E-state index contributed by atoms with van der Waals surface area (Å²) in [6.07, 6.45) is 3.68. The molecular formula is C10H20N2. The number of hydrogen-bond donors (Lipinski definition) is 1. The average Bonchev–Trinajstić information content (AvgIpc) is 1.81. The van der Waals surface area contributed by atoms with Crippen molar-refractivity contribution in [3.8, 4) is 0 Å². The first-order valence-corrected chi connectivity index (χ1v) is 4.64. The Labute approximate surface area is 75.4 Å². The van der Waals surface area contributed by atoms with E-state index in [4.69, 9.17) is 5.73 Å². The highest BCUT2D eigenvalue weighted by molar-refractivity contribution is 4.98. The van der Waals surface area contributed by atoms with Gasteiger partial charge in [-0.1, -0.05) is 12.2 Å². The molecule has 0 bridgehead atoms. The second-order valence-corrected chi connectivity index (χ2v) is 4.35. The van der Waals surface area contributed by atoms with Gasteiger partial charge in [-0.3, -0.25) is 0 Å². The zero-order chi connectivity index (χ0) is 9.19. The van der Waals surface area contributed by atoms with Crippen LogP contribution in [0.25, 0.3) is 0 Å². The largest absolute Gasteiger partial charge is 0.324 e. The lowest BCUT2D eigenvalue weighted by Crippen LogP contribution is -2.54. The molecule has 0 aromatic rings.